The number of aromatic nitrogens is 4. The second kappa shape index (κ2) is 8.70. The highest BCUT2D eigenvalue weighted by molar-refractivity contribution is 6.08. The molecular weight excluding hydrogens is 420 g/mol. The number of rotatable bonds is 5. The van der Waals surface area contributed by atoms with Crippen LogP contribution in [-0.2, 0) is 6.54 Å². The van der Waals surface area contributed by atoms with Crippen LogP contribution in [0.4, 0.5) is 11.5 Å². The van der Waals surface area contributed by atoms with Crippen molar-refractivity contribution < 1.29 is 4.79 Å². The van der Waals surface area contributed by atoms with E-state index in [1.165, 1.54) is 9.47 Å². The predicted octanol–water partition coefficient (Wildman–Crippen LogP) is 2.39. The van der Waals surface area contributed by atoms with Crippen molar-refractivity contribution >= 4 is 28.4 Å². The van der Waals surface area contributed by atoms with Crippen LogP contribution in [0.2, 0.25) is 0 Å². The molecule has 0 aliphatic rings. The number of nitrogens with one attached hydrogen (secondary N) is 1. The maximum atomic E-state index is 13.4. The van der Waals surface area contributed by atoms with Gasteiger partial charge >= 0.3 is 5.69 Å². The molecule has 0 atom stereocenters. The Morgan fingerprint density at radius 1 is 1.03 bits per heavy atom. The molecule has 4 aromatic rings. The smallest absolute Gasteiger partial charge is 0.330 e. The first-order valence-electron chi connectivity index (χ1n) is 10.5. The van der Waals surface area contributed by atoms with Gasteiger partial charge in [-0.2, -0.15) is 0 Å². The van der Waals surface area contributed by atoms with Crippen LogP contribution in [-0.4, -0.2) is 32.0 Å². The predicted molar refractivity (Wildman–Crippen MR) is 128 cm³/mol. The SMILES string of the molecule is CCN(C(=O)c1ccc2nc(C)c(C)nc2c1)c1c(N)n(Cc2ccccc2)c(=O)[nH]c1=O. The maximum Gasteiger partial charge on any atom is 0.330 e. The third-order valence-corrected chi connectivity index (χ3v) is 5.55. The Bertz CT molecular complexity index is 1470. The van der Waals surface area contributed by atoms with Crippen molar-refractivity contribution in [3.63, 3.8) is 0 Å². The molecule has 9 heteroatoms. The minimum Gasteiger partial charge on any atom is -0.383 e. The number of nitrogen functional groups attached to an aromatic ring is 1. The number of amides is 1. The third-order valence-electron chi connectivity index (χ3n) is 5.55. The van der Waals surface area contributed by atoms with Crippen LogP contribution >= 0.6 is 0 Å². The van der Waals surface area contributed by atoms with E-state index in [-0.39, 0.29) is 24.6 Å². The van der Waals surface area contributed by atoms with Crippen LogP contribution in [0.1, 0.15) is 34.2 Å². The zero-order valence-corrected chi connectivity index (χ0v) is 18.6. The molecule has 2 heterocycles. The highest BCUT2D eigenvalue weighted by Gasteiger charge is 2.24. The number of carbonyl (C=O) groups is 1. The van der Waals surface area contributed by atoms with Gasteiger partial charge in [0, 0.05) is 12.1 Å². The number of aryl methyl sites for hydroxylation is 2. The lowest BCUT2D eigenvalue weighted by atomic mass is 10.1. The van der Waals surface area contributed by atoms with Gasteiger partial charge in [-0.05, 0) is 44.5 Å². The van der Waals surface area contributed by atoms with Gasteiger partial charge in [0.2, 0.25) is 0 Å². The second-order valence-electron chi connectivity index (χ2n) is 7.71. The minimum atomic E-state index is -0.718. The van der Waals surface area contributed by atoms with Crippen LogP contribution in [0.15, 0.2) is 58.1 Å². The molecule has 0 aliphatic carbocycles. The topological polar surface area (TPSA) is 127 Å². The van der Waals surface area contributed by atoms with Gasteiger partial charge in [0.1, 0.15) is 5.82 Å². The van der Waals surface area contributed by atoms with Gasteiger partial charge in [-0.15, -0.1) is 0 Å². The van der Waals surface area contributed by atoms with Crippen molar-refractivity contribution in [2.75, 3.05) is 17.2 Å². The summed E-state index contributed by atoms with van der Waals surface area (Å²) in [5.41, 5.74) is 8.86. The molecular formula is C24H24N6O3. The van der Waals surface area contributed by atoms with Crippen molar-refractivity contribution in [3.05, 3.63) is 91.9 Å². The number of fused-ring (bicyclic) bond motifs is 1. The van der Waals surface area contributed by atoms with Crippen molar-refractivity contribution in [1.29, 1.82) is 0 Å². The molecule has 0 fully saturated rings. The number of hydrogen-bond acceptors (Lipinski definition) is 6. The molecule has 0 unspecified atom stereocenters. The Hall–Kier alpha value is -4.27. The molecule has 0 saturated heterocycles. The first-order chi connectivity index (χ1) is 15.8. The van der Waals surface area contributed by atoms with E-state index in [0.717, 1.165) is 17.0 Å². The summed E-state index contributed by atoms with van der Waals surface area (Å²) in [5.74, 6) is -0.503. The molecule has 3 N–H and O–H groups in total. The Balaban J connectivity index is 1.78. The van der Waals surface area contributed by atoms with Gasteiger partial charge in [0.05, 0.1) is 29.0 Å². The average molecular weight is 444 g/mol. The Labute approximate surface area is 189 Å². The van der Waals surface area contributed by atoms with Crippen molar-refractivity contribution in [2.24, 2.45) is 0 Å². The van der Waals surface area contributed by atoms with Crippen LogP contribution in [0.5, 0.6) is 0 Å². The van der Waals surface area contributed by atoms with Gasteiger partial charge in [-0.3, -0.25) is 19.1 Å². The monoisotopic (exact) mass is 444 g/mol. The van der Waals surface area contributed by atoms with E-state index >= 15 is 0 Å². The zero-order valence-electron chi connectivity index (χ0n) is 18.6. The molecule has 0 saturated carbocycles. The Morgan fingerprint density at radius 3 is 2.36 bits per heavy atom. The summed E-state index contributed by atoms with van der Waals surface area (Å²) in [5, 5.41) is 0. The summed E-state index contributed by atoms with van der Waals surface area (Å²) in [4.78, 5) is 51.2. The van der Waals surface area contributed by atoms with Gasteiger partial charge in [0.15, 0.2) is 5.69 Å². The molecule has 0 radical (unpaired) electrons. The zero-order chi connectivity index (χ0) is 23.7. The summed E-state index contributed by atoms with van der Waals surface area (Å²) in [7, 11) is 0. The van der Waals surface area contributed by atoms with Crippen molar-refractivity contribution in [2.45, 2.75) is 27.3 Å². The Kier molecular flexibility index (Phi) is 5.78. The van der Waals surface area contributed by atoms with E-state index < -0.39 is 17.2 Å². The molecule has 4 rings (SSSR count). The van der Waals surface area contributed by atoms with E-state index in [1.807, 2.05) is 44.2 Å². The van der Waals surface area contributed by atoms with E-state index in [0.29, 0.717) is 16.6 Å². The molecule has 2 aromatic carbocycles. The first kappa shape index (κ1) is 21.9. The quantitative estimate of drug-likeness (QED) is 0.487. The van der Waals surface area contributed by atoms with Crippen LogP contribution < -0.4 is 21.9 Å². The van der Waals surface area contributed by atoms with E-state index in [9.17, 15) is 14.4 Å². The van der Waals surface area contributed by atoms with Gasteiger partial charge in [0.25, 0.3) is 11.5 Å². The fourth-order valence-corrected chi connectivity index (χ4v) is 3.68. The van der Waals surface area contributed by atoms with Crippen molar-refractivity contribution in [3.8, 4) is 0 Å². The number of carbonyl (C=O) groups excluding carboxylic acids is 1. The van der Waals surface area contributed by atoms with E-state index in [4.69, 9.17) is 5.73 Å². The number of nitrogens with zero attached hydrogens (tertiary/aromatic N) is 4. The number of aromatic amines is 1. The second-order valence-corrected chi connectivity index (χ2v) is 7.71. The van der Waals surface area contributed by atoms with Gasteiger partial charge in [-0.1, -0.05) is 30.3 Å². The first-order valence-corrected chi connectivity index (χ1v) is 10.5. The summed E-state index contributed by atoms with van der Waals surface area (Å²) in [6, 6.07) is 14.2. The summed E-state index contributed by atoms with van der Waals surface area (Å²) >= 11 is 0. The molecule has 0 bridgehead atoms. The highest BCUT2D eigenvalue weighted by atomic mass is 16.2. The molecule has 1 amide bonds. The largest absolute Gasteiger partial charge is 0.383 e. The minimum absolute atomic E-state index is 0.0655. The molecule has 33 heavy (non-hydrogen) atoms. The number of hydrogen-bond donors (Lipinski definition) is 2. The van der Waals surface area contributed by atoms with Gasteiger partial charge < -0.3 is 10.6 Å². The average Bonchev–Trinajstić information content (AvgIpc) is 2.80. The molecule has 0 spiro atoms. The molecule has 168 valence electrons. The third kappa shape index (κ3) is 4.12. The summed E-state index contributed by atoms with van der Waals surface area (Å²) in [6.07, 6.45) is 0. The molecule has 9 nitrogen and oxygen atoms in total. The lowest BCUT2D eigenvalue weighted by Crippen LogP contribution is -2.41. The lowest BCUT2D eigenvalue weighted by molar-refractivity contribution is 0.0988. The molecule has 2 aromatic heterocycles. The maximum absolute atomic E-state index is 13.4. The fraction of sp³-hybridized carbons (Fsp3) is 0.208. The summed E-state index contributed by atoms with van der Waals surface area (Å²) in [6.45, 7) is 5.79. The fourth-order valence-electron chi connectivity index (χ4n) is 3.68. The number of H-pyrrole nitrogens is 1. The van der Waals surface area contributed by atoms with Gasteiger partial charge in [-0.25, -0.2) is 14.8 Å². The highest BCUT2D eigenvalue weighted by Crippen LogP contribution is 2.22. The number of anilines is 2. The Morgan fingerprint density at radius 2 is 1.70 bits per heavy atom. The lowest BCUT2D eigenvalue weighted by Gasteiger charge is -2.23. The van der Waals surface area contributed by atoms with E-state index in [1.54, 1.807) is 25.1 Å². The standard InChI is InChI=1S/C24H24N6O3/c1-4-29(23(32)17-10-11-18-19(12-17)27-15(3)14(2)26-18)20-21(25)30(24(33)28-22(20)31)13-16-8-6-5-7-9-16/h5-12H,4,13,25H2,1-3H3,(H,28,31,33). The normalized spacial score (nSPS) is 11.0. The van der Waals surface area contributed by atoms with Crippen molar-refractivity contribution in [1.82, 2.24) is 19.5 Å². The molecule has 0 aliphatic heterocycles. The van der Waals surface area contributed by atoms with Crippen LogP contribution in [0, 0.1) is 13.8 Å². The van der Waals surface area contributed by atoms with Crippen LogP contribution in [0.3, 0.4) is 0 Å². The van der Waals surface area contributed by atoms with E-state index in [2.05, 4.69) is 15.0 Å². The number of nitrogens with two attached hydrogens (primary N) is 1. The number of benzene rings is 2. The van der Waals surface area contributed by atoms with Crippen LogP contribution in [0.25, 0.3) is 11.0 Å². The summed E-state index contributed by atoms with van der Waals surface area (Å²) < 4.78 is 1.25.